The minimum absolute atomic E-state index is 0.0878. The van der Waals surface area contributed by atoms with Gasteiger partial charge in [-0.05, 0) is 50.8 Å². The van der Waals surface area contributed by atoms with Crippen LogP contribution in [-0.4, -0.2) is 39.6 Å². The molecule has 0 amide bonds. The zero-order valence-corrected chi connectivity index (χ0v) is 16.2. The quantitative estimate of drug-likeness (QED) is 0.314. The molecular formula is C22H22O7. The topological polar surface area (TPSA) is 118 Å². The second-order valence-corrected chi connectivity index (χ2v) is 7.63. The normalized spacial score (nSPS) is 16.6. The van der Waals surface area contributed by atoms with Crippen molar-refractivity contribution in [2.75, 3.05) is 0 Å². The molecule has 0 spiro atoms. The van der Waals surface area contributed by atoms with Crippen LogP contribution in [0.2, 0.25) is 0 Å². The average Bonchev–Trinajstić information content (AvgIpc) is 3.47. The number of carbonyl (C=O) groups is 4. The molecule has 2 aliphatic rings. The van der Waals surface area contributed by atoms with Crippen LogP contribution >= 0.6 is 0 Å². The molecule has 7 heteroatoms. The van der Waals surface area contributed by atoms with Gasteiger partial charge in [0.15, 0.2) is 11.6 Å². The number of hydrogen-bond donors (Lipinski definition) is 2. The summed E-state index contributed by atoms with van der Waals surface area (Å²) in [5, 5.41) is 20.0. The molecule has 0 saturated heterocycles. The van der Waals surface area contributed by atoms with Gasteiger partial charge in [0, 0.05) is 18.4 Å². The van der Waals surface area contributed by atoms with Crippen LogP contribution in [-0.2, 0) is 14.3 Å². The lowest BCUT2D eigenvalue weighted by Gasteiger charge is -2.23. The van der Waals surface area contributed by atoms with Gasteiger partial charge in [-0.15, -0.1) is 0 Å². The monoisotopic (exact) mass is 398 g/mol. The Hall–Kier alpha value is -3.22. The fraction of sp³-hybridized carbons (Fsp3) is 0.364. The van der Waals surface area contributed by atoms with Gasteiger partial charge in [-0.25, -0.2) is 4.79 Å². The molecule has 152 valence electrons. The van der Waals surface area contributed by atoms with Gasteiger partial charge >= 0.3 is 5.97 Å². The third kappa shape index (κ3) is 4.45. The summed E-state index contributed by atoms with van der Waals surface area (Å²) in [6.45, 7) is 3.64. The van der Waals surface area contributed by atoms with Gasteiger partial charge in [0.2, 0.25) is 5.78 Å². The average molecular weight is 398 g/mol. The molecule has 0 aromatic heterocycles. The summed E-state index contributed by atoms with van der Waals surface area (Å²) in [6.07, 6.45) is 3.55. The van der Waals surface area contributed by atoms with Crippen molar-refractivity contribution in [2.24, 2.45) is 5.92 Å². The van der Waals surface area contributed by atoms with Gasteiger partial charge in [0.25, 0.3) is 0 Å². The number of carbonyl (C=O) groups excluding carboxylic acids is 4. The molecule has 1 aromatic rings. The van der Waals surface area contributed by atoms with E-state index in [4.69, 9.17) is 4.74 Å². The summed E-state index contributed by atoms with van der Waals surface area (Å²) in [5.74, 6) is -3.81. The number of fused-ring (bicyclic) bond motifs is 1. The third-order valence-electron chi connectivity index (χ3n) is 4.92. The van der Waals surface area contributed by atoms with E-state index in [1.54, 1.807) is 6.08 Å². The van der Waals surface area contributed by atoms with E-state index >= 15 is 0 Å². The molecule has 0 bridgehead atoms. The van der Waals surface area contributed by atoms with Gasteiger partial charge in [0.1, 0.15) is 17.6 Å². The van der Waals surface area contributed by atoms with E-state index in [1.165, 1.54) is 0 Å². The van der Waals surface area contributed by atoms with Crippen LogP contribution in [0.5, 0.6) is 11.5 Å². The van der Waals surface area contributed by atoms with Crippen LogP contribution in [0.4, 0.5) is 0 Å². The minimum atomic E-state index is -1.16. The predicted octanol–water partition coefficient (Wildman–Crippen LogP) is 3.04. The number of aromatic hydroxyl groups is 2. The Morgan fingerprint density at radius 3 is 2.34 bits per heavy atom. The number of hydrogen-bond acceptors (Lipinski definition) is 7. The second kappa shape index (κ2) is 8.03. The van der Waals surface area contributed by atoms with Gasteiger partial charge in [-0.1, -0.05) is 11.6 Å². The molecule has 2 aliphatic carbocycles. The van der Waals surface area contributed by atoms with E-state index in [9.17, 15) is 29.4 Å². The molecule has 0 heterocycles. The van der Waals surface area contributed by atoms with Crippen molar-refractivity contribution in [3.05, 3.63) is 46.6 Å². The SMILES string of the molecule is CC(C)=CC[C@@H](OC(=O)C(=O)CC1CC1)C1=CC(=O)c2c(O)ccc(O)c2C1=O. The number of ketones is 3. The maximum absolute atomic E-state index is 13.0. The largest absolute Gasteiger partial charge is 0.507 e. The van der Waals surface area contributed by atoms with Crippen molar-refractivity contribution in [2.45, 2.75) is 45.6 Å². The lowest BCUT2D eigenvalue weighted by atomic mass is 9.85. The summed E-state index contributed by atoms with van der Waals surface area (Å²) < 4.78 is 5.32. The highest BCUT2D eigenvalue weighted by molar-refractivity contribution is 6.34. The van der Waals surface area contributed by atoms with Crippen molar-refractivity contribution in [3.8, 4) is 11.5 Å². The Balaban J connectivity index is 1.92. The van der Waals surface area contributed by atoms with E-state index in [1.807, 2.05) is 13.8 Å². The first-order chi connectivity index (χ1) is 13.7. The number of esters is 1. The predicted molar refractivity (Wildman–Crippen MR) is 103 cm³/mol. The standard InChI is InChI=1S/C22H22O7/c1-11(2)3-8-18(29-22(28)17(26)9-12-4-5-12)13-10-16(25)19-14(23)6-7-15(24)20(19)21(13)27/h3,6-7,10,12,18,23-24H,4-5,8-9H2,1-2H3/t18-/m1/s1. The number of ether oxygens (including phenoxy) is 1. The molecule has 0 aliphatic heterocycles. The first-order valence-corrected chi connectivity index (χ1v) is 9.41. The lowest BCUT2D eigenvalue weighted by Crippen LogP contribution is -2.31. The van der Waals surface area contributed by atoms with Crippen LogP contribution in [0.15, 0.2) is 35.4 Å². The van der Waals surface area contributed by atoms with E-state index in [-0.39, 0.29) is 35.5 Å². The molecule has 3 rings (SSSR count). The smallest absolute Gasteiger partial charge is 0.375 e. The number of phenols is 2. The molecular weight excluding hydrogens is 376 g/mol. The highest BCUT2D eigenvalue weighted by Crippen LogP contribution is 2.37. The first kappa shape index (κ1) is 20.5. The summed E-state index contributed by atoms with van der Waals surface area (Å²) in [5.41, 5.74) is 0.116. The molecule has 2 N–H and O–H groups in total. The van der Waals surface area contributed by atoms with E-state index in [0.29, 0.717) is 0 Å². The minimum Gasteiger partial charge on any atom is -0.507 e. The maximum atomic E-state index is 13.0. The fourth-order valence-electron chi connectivity index (χ4n) is 3.17. The third-order valence-corrected chi connectivity index (χ3v) is 4.92. The Morgan fingerprint density at radius 1 is 1.14 bits per heavy atom. The number of rotatable bonds is 7. The van der Waals surface area contributed by atoms with Crippen molar-refractivity contribution >= 4 is 23.3 Å². The zero-order chi connectivity index (χ0) is 21.3. The second-order valence-electron chi connectivity index (χ2n) is 7.63. The number of allylic oxidation sites excluding steroid dienone is 2. The van der Waals surface area contributed by atoms with Crippen molar-refractivity contribution in [1.29, 1.82) is 0 Å². The molecule has 1 aromatic carbocycles. The Kier molecular flexibility index (Phi) is 5.68. The van der Waals surface area contributed by atoms with Gasteiger partial charge in [-0.2, -0.15) is 0 Å². The molecule has 0 unspecified atom stereocenters. The molecule has 1 fully saturated rings. The highest BCUT2D eigenvalue weighted by atomic mass is 16.5. The van der Waals surface area contributed by atoms with Gasteiger partial charge in [-0.3, -0.25) is 14.4 Å². The van der Waals surface area contributed by atoms with Crippen molar-refractivity contribution in [1.82, 2.24) is 0 Å². The van der Waals surface area contributed by atoms with Crippen LogP contribution in [0, 0.1) is 5.92 Å². The molecule has 29 heavy (non-hydrogen) atoms. The summed E-state index contributed by atoms with van der Waals surface area (Å²) in [4.78, 5) is 49.8. The molecule has 1 saturated carbocycles. The summed E-state index contributed by atoms with van der Waals surface area (Å²) in [7, 11) is 0. The number of Topliss-reactive ketones (excluding diaryl/α,β-unsaturated/α-hetero) is 2. The van der Waals surface area contributed by atoms with Crippen molar-refractivity contribution < 1.29 is 34.1 Å². The Labute approximate surface area is 167 Å². The zero-order valence-electron chi connectivity index (χ0n) is 16.2. The lowest BCUT2D eigenvalue weighted by molar-refractivity contribution is -0.156. The van der Waals surface area contributed by atoms with Gasteiger partial charge in [0.05, 0.1) is 11.1 Å². The maximum Gasteiger partial charge on any atom is 0.375 e. The van der Waals surface area contributed by atoms with E-state index in [0.717, 1.165) is 36.6 Å². The summed E-state index contributed by atoms with van der Waals surface area (Å²) in [6, 6.07) is 2.23. The first-order valence-electron chi connectivity index (χ1n) is 9.41. The van der Waals surface area contributed by atoms with Crippen LogP contribution in [0.25, 0.3) is 0 Å². The Bertz CT molecular complexity index is 960. The van der Waals surface area contributed by atoms with Crippen LogP contribution in [0.1, 0.15) is 60.2 Å². The van der Waals surface area contributed by atoms with Gasteiger partial charge < -0.3 is 14.9 Å². The molecule has 1 atom stereocenters. The van der Waals surface area contributed by atoms with E-state index < -0.39 is 40.9 Å². The van der Waals surface area contributed by atoms with E-state index in [2.05, 4.69) is 0 Å². The molecule has 7 nitrogen and oxygen atoms in total. The van der Waals surface area contributed by atoms with Crippen LogP contribution in [0.3, 0.4) is 0 Å². The number of benzene rings is 1. The number of phenolic OH excluding ortho intramolecular Hbond substituents is 2. The van der Waals surface area contributed by atoms with Crippen LogP contribution < -0.4 is 0 Å². The van der Waals surface area contributed by atoms with Crippen molar-refractivity contribution in [3.63, 3.8) is 0 Å². The highest BCUT2D eigenvalue weighted by Gasteiger charge is 2.37. The fourth-order valence-corrected chi connectivity index (χ4v) is 3.17. The molecule has 0 radical (unpaired) electrons. The summed E-state index contributed by atoms with van der Waals surface area (Å²) >= 11 is 0. The Morgan fingerprint density at radius 2 is 1.76 bits per heavy atom.